The lowest BCUT2D eigenvalue weighted by Crippen LogP contribution is -2.55. The van der Waals surface area contributed by atoms with Crippen LogP contribution in [0.25, 0.3) is 11.0 Å². The number of aromatic nitrogens is 5. The molecule has 10 nitrogen and oxygen atoms in total. The molecule has 12 heteroatoms. The van der Waals surface area contributed by atoms with Crippen molar-refractivity contribution in [2.75, 3.05) is 31.5 Å². The molecule has 186 valence electrons. The third-order valence-corrected chi connectivity index (χ3v) is 6.11. The van der Waals surface area contributed by atoms with E-state index < -0.39 is 13.0 Å². The first kappa shape index (κ1) is 24.5. The summed E-state index contributed by atoms with van der Waals surface area (Å²) < 4.78 is 27.9. The maximum atomic E-state index is 12.7. The lowest BCUT2D eigenvalue weighted by atomic mass is 10.1. The van der Waals surface area contributed by atoms with Crippen LogP contribution in [0.15, 0.2) is 48.2 Å². The lowest BCUT2D eigenvalue weighted by molar-refractivity contribution is -0.129. The summed E-state index contributed by atoms with van der Waals surface area (Å²) in [5.74, 6) is 0.168. The van der Waals surface area contributed by atoms with Gasteiger partial charge in [0.25, 0.3) is 12.0 Å². The van der Waals surface area contributed by atoms with Gasteiger partial charge in [-0.05, 0) is 18.6 Å². The van der Waals surface area contributed by atoms with Gasteiger partial charge in [0, 0.05) is 62.6 Å². The number of carbonyl (C=O) groups is 1. The van der Waals surface area contributed by atoms with Crippen molar-refractivity contribution < 1.29 is 13.6 Å². The molecule has 0 radical (unpaired) electrons. The van der Waals surface area contributed by atoms with Crippen molar-refractivity contribution in [2.24, 2.45) is 0 Å². The molecule has 3 aromatic rings. The number of carbonyl (C=O) groups excluding carboxylic acids is 1. The predicted octanol–water partition coefficient (Wildman–Crippen LogP) is 2.11. The fourth-order valence-electron chi connectivity index (χ4n) is 4.28. The summed E-state index contributed by atoms with van der Waals surface area (Å²) in [6, 6.07) is 3.35. The van der Waals surface area contributed by atoms with Crippen molar-refractivity contribution in [3.05, 3.63) is 53.7 Å². The number of pyridine rings is 1. The topological polar surface area (TPSA) is 101 Å². The highest BCUT2D eigenvalue weighted by atomic mass is 19.3. The average Bonchev–Trinajstić information content (AvgIpc) is 3.28. The summed E-state index contributed by atoms with van der Waals surface area (Å²) >= 11 is 0. The number of hydrogen-bond donors (Lipinski definition) is 1. The Morgan fingerprint density at radius 1 is 1.29 bits per heavy atom. The first-order chi connectivity index (χ1) is 16.9. The number of piperazine rings is 1. The monoisotopic (exact) mass is 486 g/mol. The van der Waals surface area contributed by atoms with Gasteiger partial charge in [0.1, 0.15) is 12.2 Å². The van der Waals surface area contributed by atoms with Crippen molar-refractivity contribution in [1.82, 2.24) is 34.1 Å². The number of alkyl halides is 2. The molecule has 1 fully saturated rings. The van der Waals surface area contributed by atoms with Crippen LogP contribution >= 0.6 is 0 Å². The van der Waals surface area contributed by atoms with E-state index in [9.17, 15) is 18.4 Å². The van der Waals surface area contributed by atoms with Gasteiger partial charge in [-0.2, -0.15) is 10.1 Å². The van der Waals surface area contributed by atoms with Gasteiger partial charge in [0.15, 0.2) is 0 Å². The van der Waals surface area contributed by atoms with Gasteiger partial charge in [-0.15, -0.1) is 0 Å². The molecule has 1 aliphatic heterocycles. The van der Waals surface area contributed by atoms with Crippen LogP contribution in [-0.2, 0) is 17.9 Å². The van der Waals surface area contributed by atoms with E-state index in [-0.39, 0.29) is 23.5 Å². The standard InChI is InChI=1S/C23H28F2N8O2/c1-3-18-14-31(20(34)4-2)8-7-30(18)9-10-33-21(35)6-5-16-11-26-23(29-22(16)33)28-17-12-27-32(13-17)15-19(24)25/h4-6,11-13,18-19H,2-3,7-10,14-15H2,1H3,(H,26,28,29)/t18-/m0/s1. The molecule has 0 saturated carbocycles. The van der Waals surface area contributed by atoms with Gasteiger partial charge < -0.3 is 10.2 Å². The molecule has 0 bridgehead atoms. The average molecular weight is 487 g/mol. The van der Waals surface area contributed by atoms with Crippen LogP contribution in [0.1, 0.15) is 13.3 Å². The van der Waals surface area contributed by atoms with Gasteiger partial charge in [0.05, 0.1) is 11.9 Å². The van der Waals surface area contributed by atoms with Crippen LogP contribution in [0.2, 0.25) is 0 Å². The molecule has 1 saturated heterocycles. The van der Waals surface area contributed by atoms with E-state index in [0.29, 0.717) is 49.4 Å². The molecular formula is C23H28F2N8O2. The fraction of sp³-hybridized carbons (Fsp3) is 0.435. The number of nitrogens with zero attached hydrogens (tertiary/aromatic N) is 7. The SMILES string of the molecule is C=CC(=O)N1CCN(CCn2c(=O)ccc3cnc(Nc4cnn(CC(F)F)c4)nc32)[C@@H](CC)C1. The zero-order valence-corrected chi connectivity index (χ0v) is 19.5. The van der Waals surface area contributed by atoms with Gasteiger partial charge in [-0.25, -0.2) is 13.8 Å². The second kappa shape index (κ2) is 10.7. The molecule has 3 aromatic heterocycles. The van der Waals surface area contributed by atoms with Crippen LogP contribution in [-0.4, -0.2) is 78.7 Å². The number of amides is 1. The Morgan fingerprint density at radius 3 is 2.86 bits per heavy atom. The number of halogens is 2. The largest absolute Gasteiger partial charge is 0.336 e. The highest BCUT2D eigenvalue weighted by Crippen LogP contribution is 2.17. The second-order valence-corrected chi connectivity index (χ2v) is 8.35. The van der Waals surface area contributed by atoms with E-state index in [4.69, 9.17) is 0 Å². The lowest BCUT2D eigenvalue weighted by Gasteiger charge is -2.41. The molecule has 0 spiro atoms. The molecule has 35 heavy (non-hydrogen) atoms. The molecule has 4 rings (SSSR count). The van der Waals surface area contributed by atoms with Crippen LogP contribution in [0.3, 0.4) is 0 Å². The van der Waals surface area contributed by atoms with Crippen molar-refractivity contribution in [3.63, 3.8) is 0 Å². The minimum absolute atomic E-state index is 0.0650. The Labute approximate surface area is 200 Å². The zero-order valence-electron chi connectivity index (χ0n) is 19.5. The second-order valence-electron chi connectivity index (χ2n) is 8.35. The van der Waals surface area contributed by atoms with E-state index in [2.05, 4.69) is 38.8 Å². The van der Waals surface area contributed by atoms with Gasteiger partial charge >= 0.3 is 0 Å². The number of rotatable bonds is 9. The van der Waals surface area contributed by atoms with E-state index in [1.165, 1.54) is 24.5 Å². The Hall–Kier alpha value is -3.67. The van der Waals surface area contributed by atoms with Crippen LogP contribution in [0, 0.1) is 0 Å². The Kier molecular flexibility index (Phi) is 7.49. The van der Waals surface area contributed by atoms with Gasteiger partial charge in [0.2, 0.25) is 11.9 Å². The summed E-state index contributed by atoms with van der Waals surface area (Å²) in [6.07, 6.45) is 4.17. The predicted molar refractivity (Wildman–Crippen MR) is 128 cm³/mol. The third-order valence-electron chi connectivity index (χ3n) is 6.11. The van der Waals surface area contributed by atoms with Crippen LogP contribution < -0.4 is 10.9 Å². The Morgan fingerprint density at radius 2 is 2.11 bits per heavy atom. The molecule has 1 atom stereocenters. The summed E-state index contributed by atoms with van der Waals surface area (Å²) in [4.78, 5) is 37.6. The van der Waals surface area contributed by atoms with Crippen molar-refractivity contribution in [3.8, 4) is 0 Å². The maximum absolute atomic E-state index is 12.7. The van der Waals surface area contributed by atoms with Crippen LogP contribution in [0.4, 0.5) is 20.4 Å². The summed E-state index contributed by atoms with van der Waals surface area (Å²) in [6.45, 7) is 8.14. The molecule has 1 aliphatic rings. The summed E-state index contributed by atoms with van der Waals surface area (Å²) in [7, 11) is 0. The van der Waals surface area contributed by atoms with Crippen LogP contribution in [0.5, 0.6) is 0 Å². The number of anilines is 2. The van der Waals surface area contributed by atoms with E-state index in [1.807, 2.05) is 0 Å². The molecule has 0 aromatic carbocycles. The Bertz CT molecular complexity index is 1260. The van der Waals surface area contributed by atoms with Gasteiger partial charge in [-0.1, -0.05) is 13.5 Å². The molecule has 1 amide bonds. The molecule has 4 heterocycles. The van der Waals surface area contributed by atoms with E-state index >= 15 is 0 Å². The Balaban J connectivity index is 1.51. The fourth-order valence-corrected chi connectivity index (χ4v) is 4.28. The number of nitrogens with one attached hydrogen (secondary N) is 1. The number of hydrogen-bond acceptors (Lipinski definition) is 7. The molecule has 0 unspecified atom stereocenters. The molecule has 1 N–H and O–H groups in total. The smallest absolute Gasteiger partial charge is 0.257 e. The van der Waals surface area contributed by atoms with E-state index in [1.54, 1.807) is 21.7 Å². The summed E-state index contributed by atoms with van der Waals surface area (Å²) in [5.41, 5.74) is 0.761. The molecular weight excluding hydrogens is 458 g/mol. The maximum Gasteiger partial charge on any atom is 0.257 e. The van der Waals surface area contributed by atoms with E-state index in [0.717, 1.165) is 11.1 Å². The van der Waals surface area contributed by atoms with Crippen molar-refractivity contribution in [2.45, 2.75) is 38.9 Å². The summed E-state index contributed by atoms with van der Waals surface area (Å²) in [5, 5.41) is 7.56. The highest BCUT2D eigenvalue weighted by Gasteiger charge is 2.27. The zero-order chi connectivity index (χ0) is 24.9. The highest BCUT2D eigenvalue weighted by molar-refractivity contribution is 5.87. The van der Waals surface area contributed by atoms with Crippen molar-refractivity contribution >= 4 is 28.6 Å². The minimum atomic E-state index is -2.51. The van der Waals surface area contributed by atoms with Gasteiger partial charge in [-0.3, -0.25) is 23.7 Å². The quantitative estimate of drug-likeness (QED) is 0.462. The number of fused-ring (bicyclic) bond motifs is 1. The molecule has 0 aliphatic carbocycles. The minimum Gasteiger partial charge on any atom is -0.336 e. The third kappa shape index (κ3) is 5.70. The first-order valence-corrected chi connectivity index (χ1v) is 11.5. The van der Waals surface area contributed by atoms with Crippen molar-refractivity contribution in [1.29, 1.82) is 0 Å². The first-order valence-electron chi connectivity index (χ1n) is 11.5. The normalized spacial score (nSPS) is 16.7.